The SMILES string of the molecule is COc1cc(C(F)(F)F)ccc1CNc1nc(N)nc(Cl)c1N. The van der Waals surface area contributed by atoms with Crippen molar-refractivity contribution in [1.82, 2.24) is 9.97 Å². The van der Waals surface area contributed by atoms with Crippen LogP contribution in [0.25, 0.3) is 0 Å². The molecule has 5 N–H and O–H groups in total. The van der Waals surface area contributed by atoms with Crippen LogP contribution in [-0.4, -0.2) is 17.1 Å². The van der Waals surface area contributed by atoms with E-state index in [9.17, 15) is 13.2 Å². The van der Waals surface area contributed by atoms with Crippen LogP contribution in [0.2, 0.25) is 5.15 Å². The number of aromatic nitrogens is 2. The molecule has 0 amide bonds. The molecule has 1 aromatic heterocycles. The van der Waals surface area contributed by atoms with Crippen molar-refractivity contribution in [1.29, 1.82) is 0 Å². The Hall–Kier alpha value is -2.42. The summed E-state index contributed by atoms with van der Waals surface area (Å²) in [5.74, 6) is 0.189. The highest BCUT2D eigenvalue weighted by Gasteiger charge is 2.31. The molecule has 0 saturated heterocycles. The van der Waals surface area contributed by atoms with E-state index >= 15 is 0 Å². The minimum absolute atomic E-state index is 0.0145. The van der Waals surface area contributed by atoms with E-state index in [1.54, 1.807) is 0 Å². The number of halogens is 4. The largest absolute Gasteiger partial charge is 0.496 e. The van der Waals surface area contributed by atoms with Gasteiger partial charge in [0, 0.05) is 12.1 Å². The van der Waals surface area contributed by atoms with E-state index in [0.717, 1.165) is 12.1 Å². The molecule has 0 aliphatic carbocycles. The van der Waals surface area contributed by atoms with Crippen molar-refractivity contribution in [3.63, 3.8) is 0 Å². The van der Waals surface area contributed by atoms with Gasteiger partial charge in [-0.25, -0.2) is 0 Å². The Morgan fingerprint density at radius 1 is 1.26 bits per heavy atom. The number of ether oxygens (including phenoxy) is 1. The molecule has 0 spiro atoms. The summed E-state index contributed by atoms with van der Waals surface area (Å²) in [6, 6.07) is 3.18. The minimum atomic E-state index is -4.45. The quantitative estimate of drug-likeness (QED) is 0.735. The summed E-state index contributed by atoms with van der Waals surface area (Å²) in [5.41, 5.74) is 11.0. The maximum absolute atomic E-state index is 12.7. The number of benzene rings is 1. The van der Waals surface area contributed by atoms with Gasteiger partial charge in [0.1, 0.15) is 11.4 Å². The molecule has 0 aliphatic rings. The third-order valence-corrected chi connectivity index (χ3v) is 3.27. The van der Waals surface area contributed by atoms with E-state index in [1.165, 1.54) is 13.2 Å². The highest BCUT2D eigenvalue weighted by molar-refractivity contribution is 6.32. The van der Waals surface area contributed by atoms with Crippen LogP contribution in [0.1, 0.15) is 11.1 Å². The number of nitrogens with zero attached hydrogens (tertiary/aromatic N) is 2. The third kappa shape index (κ3) is 3.86. The molecule has 0 aliphatic heterocycles. The van der Waals surface area contributed by atoms with Crippen molar-refractivity contribution in [2.75, 3.05) is 23.9 Å². The predicted octanol–water partition coefficient (Wildman–Crippen LogP) is 2.93. The number of anilines is 3. The van der Waals surface area contributed by atoms with Crippen LogP contribution >= 0.6 is 11.6 Å². The Balaban J connectivity index is 2.24. The predicted molar refractivity (Wildman–Crippen MR) is 81.2 cm³/mol. The van der Waals surface area contributed by atoms with Gasteiger partial charge in [0.15, 0.2) is 11.0 Å². The van der Waals surface area contributed by atoms with Crippen LogP contribution in [0.15, 0.2) is 18.2 Å². The van der Waals surface area contributed by atoms with Gasteiger partial charge in [-0.2, -0.15) is 23.1 Å². The van der Waals surface area contributed by atoms with Gasteiger partial charge < -0.3 is 21.5 Å². The molecule has 23 heavy (non-hydrogen) atoms. The zero-order valence-corrected chi connectivity index (χ0v) is 12.7. The molecule has 0 unspecified atom stereocenters. The van der Waals surface area contributed by atoms with Gasteiger partial charge >= 0.3 is 6.18 Å². The summed E-state index contributed by atoms with van der Waals surface area (Å²) in [7, 11) is 1.28. The second-order valence-electron chi connectivity index (χ2n) is 4.51. The lowest BCUT2D eigenvalue weighted by molar-refractivity contribution is -0.137. The average Bonchev–Trinajstić information content (AvgIpc) is 2.48. The monoisotopic (exact) mass is 347 g/mol. The van der Waals surface area contributed by atoms with Gasteiger partial charge in [-0.3, -0.25) is 0 Å². The van der Waals surface area contributed by atoms with Gasteiger partial charge in [-0.05, 0) is 12.1 Å². The lowest BCUT2D eigenvalue weighted by atomic mass is 10.1. The summed E-state index contributed by atoms with van der Waals surface area (Å²) < 4.78 is 43.1. The molecule has 10 heteroatoms. The topological polar surface area (TPSA) is 99.1 Å². The van der Waals surface area contributed by atoms with Crippen LogP contribution in [0, 0.1) is 0 Å². The van der Waals surface area contributed by atoms with Gasteiger partial charge in [0.2, 0.25) is 5.95 Å². The number of methoxy groups -OCH3 is 1. The van der Waals surface area contributed by atoms with Crippen molar-refractivity contribution in [2.24, 2.45) is 0 Å². The van der Waals surface area contributed by atoms with Crippen LogP contribution < -0.4 is 21.5 Å². The standard InChI is InChI=1S/C13H13ClF3N5O/c1-23-8-4-7(13(15,16)17)3-2-6(8)5-20-11-9(18)10(14)21-12(19)22-11/h2-4H,5,18H2,1H3,(H3,19,20,21,22). The van der Waals surface area contributed by atoms with Crippen LogP contribution in [0.4, 0.5) is 30.6 Å². The normalized spacial score (nSPS) is 11.3. The molecular weight excluding hydrogens is 335 g/mol. The summed E-state index contributed by atoms with van der Waals surface area (Å²) in [6.45, 7) is 0.109. The molecular formula is C13H13ClF3N5O. The molecule has 1 aromatic carbocycles. The van der Waals surface area contributed by atoms with Crippen LogP contribution in [0.3, 0.4) is 0 Å². The number of nitrogens with one attached hydrogen (secondary N) is 1. The summed E-state index contributed by atoms with van der Waals surface area (Å²) in [6.07, 6.45) is -4.45. The Kier molecular flexibility index (Phi) is 4.69. The first-order valence-corrected chi connectivity index (χ1v) is 6.66. The molecule has 2 aromatic rings. The maximum atomic E-state index is 12.7. The van der Waals surface area contributed by atoms with E-state index in [0.29, 0.717) is 5.56 Å². The average molecular weight is 348 g/mol. The molecule has 1 heterocycles. The Labute approximate surface area is 134 Å². The second-order valence-corrected chi connectivity index (χ2v) is 4.87. The number of alkyl halides is 3. The maximum Gasteiger partial charge on any atom is 0.416 e. The fourth-order valence-corrected chi connectivity index (χ4v) is 2.02. The van der Waals surface area contributed by atoms with Crippen LogP contribution in [0.5, 0.6) is 5.75 Å². The molecule has 0 bridgehead atoms. The zero-order chi connectivity index (χ0) is 17.2. The molecule has 6 nitrogen and oxygen atoms in total. The first-order valence-electron chi connectivity index (χ1n) is 6.29. The lowest BCUT2D eigenvalue weighted by Crippen LogP contribution is -2.10. The molecule has 0 radical (unpaired) electrons. The highest BCUT2D eigenvalue weighted by atomic mass is 35.5. The fraction of sp³-hybridized carbons (Fsp3) is 0.231. The smallest absolute Gasteiger partial charge is 0.416 e. The van der Waals surface area contributed by atoms with E-state index in [1.807, 2.05) is 0 Å². The fourth-order valence-electron chi connectivity index (χ4n) is 1.84. The number of hydrogen-bond donors (Lipinski definition) is 3. The minimum Gasteiger partial charge on any atom is -0.496 e. The van der Waals surface area contributed by atoms with Crippen molar-refractivity contribution in [3.8, 4) is 5.75 Å². The lowest BCUT2D eigenvalue weighted by Gasteiger charge is -2.14. The summed E-state index contributed by atoms with van der Waals surface area (Å²) in [4.78, 5) is 7.56. The van der Waals surface area contributed by atoms with Gasteiger partial charge in [-0.15, -0.1) is 0 Å². The van der Waals surface area contributed by atoms with E-state index in [2.05, 4.69) is 15.3 Å². The van der Waals surface area contributed by atoms with E-state index in [4.69, 9.17) is 27.8 Å². The first-order chi connectivity index (χ1) is 10.7. The van der Waals surface area contributed by atoms with Gasteiger partial charge in [0.05, 0.1) is 12.7 Å². The van der Waals surface area contributed by atoms with E-state index in [-0.39, 0.29) is 34.9 Å². The second kappa shape index (κ2) is 6.37. The number of hydrogen-bond acceptors (Lipinski definition) is 6. The molecule has 0 atom stereocenters. The van der Waals surface area contributed by atoms with Gasteiger partial charge in [-0.1, -0.05) is 17.7 Å². The van der Waals surface area contributed by atoms with Crippen molar-refractivity contribution < 1.29 is 17.9 Å². The summed E-state index contributed by atoms with van der Waals surface area (Å²) in [5, 5.41) is 2.83. The zero-order valence-electron chi connectivity index (χ0n) is 11.9. The van der Waals surface area contributed by atoms with Crippen molar-refractivity contribution >= 4 is 29.1 Å². The van der Waals surface area contributed by atoms with E-state index < -0.39 is 11.7 Å². The Morgan fingerprint density at radius 2 is 1.96 bits per heavy atom. The van der Waals surface area contributed by atoms with Crippen LogP contribution in [-0.2, 0) is 12.7 Å². The molecule has 0 saturated carbocycles. The Bertz CT molecular complexity index is 723. The third-order valence-electron chi connectivity index (χ3n) is 2.98. The highest BCUT2D eigenvalue weighted by Crippen LogP contribution is 2.33. The van der Waals surface area contributed by atoms with Crippen molar-refractivity contribution in [3.05, 3.63) is 34.5 Å². The molecule has 2 rings (SSSR count). The number of nitrogens with two attached hydrogens (primary N) is 2. The van der Waals surface area contributed by atoms with Gasteiger partial charge in [0.25, 0.3) is 0 Å². The molecule has 124 valence electrons. The van der Waals surface area contributed by atoms with Crippen molar-refractivity contribution in [2.45, 2.75) is 12.7 Å². The Morgan fingerprint density at radius 3 is 2.57 bits per heavy atom. The number of rotatable bonds is 4. The summed E-state index contributed by atoms with van der Waals surface area (Å²) >= 11 is 5.78. The number of nitrogen functional groups attached to an aromatic ring is 2. The first kappa shape index (κ1) is 16.9. The molecule has 0 fully saturated rings.